The molecule has 2 amide bonds. The summed E-state index contributed by atoms with van der Waals surface area (Å²) in [5, 5.41) is 32.6. The zero-order valence-electron chi connectivity index (χ0n) is 20.0. The standard InChI is InChI=1S/C22H25N3O6.C3H8O/c1-2-3-14-31-19-10-6-17(7-11-19)21(27)24-20(22(28)23-12-13-26)15-16-4-8-18(9-5-16)25(29)30;1-2-3-4/h4-11,15,26H,2-3,12-14H2,1H3,(H,23,28)(H,24,27);4H,2-3H2,1H3/b20-15-;. The number of nitro groups is 1. The number of aliphatic hydroxyl groups is 2. The van der Waals surface area contributed by atoms with Crippen LogP contribution < -0.4 is 15.4 Å². The molecule has 10 nitrogen and oxygen atoms in total. The molecule has 0 aliphatic heterocycles. The molecule has 0 aliphatic rings. The lowest BCUT2D eigenvalue weighted by atomic mass is 10.1. The molecule has 0 aromatic heterocycles. The SMILES string of the molecule is CCCCOc1ccc(C(=O)N/C(=C\c2ccc([N+](=O)[O-])cc2)C(=O)NCCO)cc1.CCCO. The molecule has 0 saturated heterocycles. The average molecular weight is 488 g/mol. The van der Waals surface area contributed by atoms with E-state index in [4.69, 9.17) is 14.9 Å². The van der Waals surface area contributed by atoms with Gasteiger partial charge in [-0.25, -0.2) is 0 Å². The number of ether oxygens (including phenoxy) is 1. The quantitative estimate of drug-likeness (QED) is 0.155. The number of hydrogen-bond donors (Lipinski definition) is 4. The van der Waals surface area contributed by atoms with E-state index in [1.54, 1.807) is 24.3 Å². The number of aliphatic hydroxyl groups excluding tert-OH is 2. The fourth-order valence-electron chi connectivity index (χ4n) is 2.51. The number of nitrogens with zero attached hydrogens (tertiary/aromatic N) is 1. The van der Waals surface area contributed by atoms with Crippen molar-refractivity contribution in [2.45, 2.75) is 33.1 Å². The minimum Gasteiger partial charge on any atom is -0.494 e. The summed E-state index contributed by atoms with van der Waals surface area (Å²) in [7, 11) is 0. The number of amides is 2. The van der Waals surface area contributed by atoms with Gasteiger partial charge in [0.05, 0.1) is 18.1 Å². The van der Waals surface area contributed by atoms with Crippen LogP contribution in [0.3, 0.4) is 0 Å². The first kappa shape index (κ1) is 29.3. The lowest BCUT2D eigenvalue weighted by molar-refractivity contribution is -0.384. The summed E-state index contributed by atoms with van der Waals surface area (Å²) in [6.45, 7) is 4.66. The van der Waals surface area contributed by atoms with Crippen LogP contribution in [0.25, 0.3) is 6.08 Å². The maximum Gasteiger partial charge on any atom is 0.269 e. The van der Waals surface area contributed by atoms with Crippen molar-refractivity contribution < 1.29 is 29.5 Å². The summed E-state index contributed by atoms with van der Waals surface area (Å²) in [6.07, 6.45) is 4.22. The molecule has 0 radical (unpaired) electrons. The van der Waals surface area contributed by atoms with Gasteiger partial charge in [0, 0.05) is 30.8 Å². The van der Waals surface area contributed by atoms with Crippen LogP contribution in [-0.2, 0) is 4.79 Å². The van der Waals surface area contributed by atoms with Gasteiger partial charge in [0.15, 0.2) is 0 Å². The van der Waals surface area contributed by atoms with E-state index in [2.05, 4.69) is 17.6 Å². The molecule has 2 rings (SSSR count). The summed E-state index contributed by atoms with van der Waals surface area (Å²) < 4.78 is 5.57. The number of benzene rings is 2. The highest BCUT2D eigenvalue weighted by molar-refractivity contribution is 6.05. The van der Waals surface area contributed by atoms with Gasteiger partial charge >= 0.3 is 0 Å². The third kappa shape index (κ3) is 11.3. The van der Waals surface area contributed by atoms with Crippen LogP contribution in [0.5, 0.6) is 5.75 Å². The lowest BCUT2D eigenvalue weighted by Crippen LogP contribution is -2.36. The van der Waals surface area contributed by atoms with Gasteiger partial charge in [-0.1, -0.05) is 20.3 Å². The zero-order valence-corrected chi connectivity index (χ0v) is 20.0. The summed E-state index contributed by atoms with van der Waals surface area (Å²) in [5.74, 6) is -0.458. The van der Waals surface area contributed by atoms with E-state index in [0.29, 0.717) is 30.1 Å². The molecule has 0 spiro atoms. The Morgan fingerprint density at radius 3 is 2.14 bits per heavy atom. The molecule has 0 unspecified atom stereocenters. The Kier molecular flexibility index (Phi) is 14.0. The Balaban J connectivity index is 0.00000142. The topological polar surface area (TPSA) is 151 Å². The first-order valence-corrected chi connectivity index (χ1v) is 11.4. The third-order valence-corrected chi connectivity index (χ3v) is 4.41. The summed E-state index contributed by atoms with van der Waals surface area (Å²) in [5.41, 5.74) is 0.663. The van der Waals surface area contributed by atoms with Crippen LogP contribution in [0.4, 0.5) is 5.69 Å². The number of nitrogens with one attached hydrogen (secondary N) is 2. The Labute approximate surface area is 204 Å². The molecule has 10 heteroatoms. The van der Waals surface area contributed by atoms with Gasteiger partial charge in [0.1, 0.15) is 11.4 Å². The van der Waals surface area contributed by atoms with Crippen molar-refractivity contribution in [1.29, 1.82) is 0 Å². The number of carbonyl (C=O) groups is 2. The Bertz CT molecular complexity index is 956. The number of hydrogen-bond acceptors (Lipinski definition) is 7. The van der Waals surface area contributed by atoms with E-state index >= 15 is 0 Å². The van der Waals surface area contributed by atoms with Crippen molar-refractivity contribution in [3.05, 3.63) is 75.5 Å². The minimum absolute atomic E-state index is 0.0100. The number of non-ortho nitro benzene ring substituents is 1. The molecule has 0 bridgehead atoms. The number of nitro benzene ring substituents is 1. The van der Waals surface area contributed by atoms with Crippen LogP contribution >= 0.6 is 0 Å². The van der Waals surface area contributed by atoms with Crippen molar-refractivity contribution in [3.63, 3.8) is 0 Å². The zero-order chi connectivity index (χ0) is 26.1. The number of rotatable bonds is 12. The van der Waals surface area contributed by atoms with Gasteiger partial charge in [0.2, 0.25) is 0 Å². The highest BCUT2D eigenvalue weighted by atomic mass is 16.6. The van der Waals surface area contributed by atoms with Gasteiger partial charge in [0.25, 0.3) is 17.5 Å². The molecule has 0 fully saturated rings. The predicted octanol–water partition coefficient (Wildman–Crippen LogP) is 3.04. The monoisotopic (exact) mass is 487 g/mol. The van der Waals surface area contributed by atoms with Gasteiger partial charge in [-0.05, 0) is 60.9 Å². The van der Waals surface area contributed by atoms with Crippen LogP contribution in [-0.4, -0.2) is 53.3 Å². The molecule has 0 atom stereocenters. The first-order chi connectivity index (χ1) is 16.9. The average Bonchev–Trinajstić information content (AvgIpc) is 2.87. The normalized spacial score (nSPS) is 10.6. The lowest BCUT2D eigenvalue weighted by Gasteiger charge is -2.11. The van der Waals surface area contributed by atoms with E-state index < -0.39 is 16.7 Å². The summed E-state index contributed by atoms with van der Waals surface area (Å²) in [4.78, 5) is 35.3. The maximum atomic E-state index is 12.6. The Morgan fingerprint density at radius 1 is 1.00 bits per heavy atom. The van der Waals surface area contributed by atoms with Crippen LogP contribution in [0.2, 0.25) is 0 Å². The molecule has 0 saturated carbocycles. The fourth-order valence-corrected chi connectivity index (χ4v) is 2.51. The molecule has 4 N–H and O–H groups in total. The second-order valence-electron chi connectivity index (χ2n) is 7.29. The van der Waals surface area contributed by atoms with E-state index in [-0.39, 0.29) is 24.5 Å². The van der Waals surface area contributed by atoms with Crippen molar-refractivity contribution in [2.24, 2.45) is 0 Å². The number of unbranched alkanes of at least 4 members (excludes halogenated alkanes) is 1. The summed E-state index contributed by atoms with van der Waals surface area (Å²) >= 11 is 0. The molecule has 2 aromatic rings. The van der Waals surface area contributed by atoms with E-state index in [9.17, 15) is 19.7 Å². The van der Waals surface area contributed by atoms with Crippen molar-refractivity contribution in [3.8, 4) is 5.75 Å². The fraction of sp³-hybridized carbons (Fsp3) is 0.360. The van der Waals surface area contributed by atoms with Crippen LogP contribution in [0.1, 0.15) is 49.0 Å². The van der Waals surface area contributed by atoms with Gasteiger partial charge in [-0.15, -0.1) is 0 Å². The van der Waals surface area contributed by atoms with Crippen molar-refractivity contribution in [2.75, 3.05) is 26.4 Å². The van der Waals surface area contributed by atoms with E-state index in [0.717, 1.165) is 19.3 Å². The number of carbonyl (C=O) groups excluding carboxylic acids is 2. The second-order valence-corrected chi connectivity index (χ2v) is 7.29. The molecule has 0 heterocycles. The van der Waals surface area contributed by atoms with Gasteiger partial charge in [-0.3, -0.25) is 19.7 Å². The Morgan fingerprint density at radius 2 is 1.63 bits per heavy atom. The highest BCUT2D eigenvalue weighted by Crippen LogP contribution is 2.15. The van der Waals surface area contributed by atoms with E-state index in [1.807, 2.05) is 6.92 Å². The van der Waals surface area contributed by atoms with Crippen molar-refractivity contribution in [1.82, 2.24) is 10.6 Å². The molecule has 35 heavy (non-hydrogen) atoms. The van der Waals surface area contributed by atoms with Gasteiger partial charge in [-0.2, -0.15) is 0 Å². The van der Waals surface area contributed by atoms with Gasteiger partial charge < -0.3 is 25.6 Å². The van der Waals surface area contributed by atoms with Crippen molar-refractivity contribution >= 4 is 23.6 Å². The maximum absolute atomic E-state index is 12.6. The largest absolute Gasteiger partial charge is 0.494 e. The Hall–Kier alpha value is -3.76. The minimum atomic E-state index is -0.597. The molecular weight excluding hydrogens is 454 g/mol. The molecule has 2 aromatic carbocycles. The second kappa shape index (κ2) is 16.8. The molecular formula is C25H33N3O7. The smallest absolute Gasteiger partial charge is 0.269 e. The predicted molar refractivity (Wildman–Crippen MR) is 133 cm³/mol. The highest BCUT2D eigenvalue weighted by Gasteiger charge is 2.15. The first-order valence-electron chi connectivity index (χ1n) is 11.4. The van der Waals surface area contributed by atoms with Crippen LogP contribution in [0.15, 0.2) is 54.2 Å². The molecule has 0 aliphatic carbocycles. The molecule has 190 valence electrons. The third-order valence-electron chi connectivity index (χ3n) is 4.41. The van der Waals surface area contributed by atoms with Crippen LogP contribution in [0, 0.1) is 10.1 Å². The van der Waals surface area contributed by atoms with E-state index in [1.165, 1.54) is 30.3 Å². The summed E-state index contributed by atoms with van der Waals surface area (Å²) in [6, 6.07) is 12.1.